The van der Waals surface area contributed by atoms with Gasteiger partial charge >= 0.3 is 0 Å². The summed E-state index contributed by atoms with van der Waals surface area (Å²) in [6.45, 7) is 2.28. The van der Waals surface area contributed by atoms with Crippen LogP contribution < -0.4 is 4.90 Å². The fraction of sp³-hybridized carbons (Fsp3) is 0.333. The fourth-order valence-corrected chi connectivity index (χ4v) is 0.734. The highest BCUT2D eigenvalue weighted by atomic mass is 15.3. The lowest BCUT2D eigenvalue weighted by Gasteiger charge is -1.95. The van der Waals surface area contributed by atoms with Crippen LogP contribution >= 0.6 is 0 Å². The first-order valence-corrected chi connectivity index (χ1v) is 2.98. The summed E-state index contributed by atoms with van der Waals surface area (Å²) in [5.41, 5.74) is 0. The fourth-order valence-electron chi connectivity index (χ4n) is 0.734. The summed E-state index contributed by atoms with van der Waals surface area (Å²) in [7, 11) is 0. The van der Waals surface area contributed by atoms with Crippen molar-refractivity contribution in [3.63, 3.8) is 0 Å². The summed E-state index contributed by atoms with van der Waals surface area (Å²) in [5, 5.41) is 0. The molecular formula is C6H7N3. The van der Waals surface area contributed by atoms with Gasteiger partial charge in [-0.05, 0) is 0 Å². The minimum Gasteiger partial charge on any atom is -0.352 e. The zero-order chi connectivity index (χ0) is 6.10. The van der Waals surface area contributed by atoms with Crippen molar-refractivity contribution in [1.82, 2.24) is 9.97 Å². The van der Waals surface area contributed by atoms with Crippen LogP contribution in [-0.4, -0.2) is 23.1 Å². The molecule has 46 valence electrons. The zero-order valence-electron chi connectivity index (χ0n) is 4.99. The van der Waals surface area contributed by atoms with E-state index in [9.17, 15) is 0 Å². The Labute approximate surface area is 53.4 Å². The monoisotopic (exact) mass is 121 g/mol. The van der Waals surface area contributed by atoms with Gasteiger partial charge in [0.1, 0.15) is 5.82 Å². The summed E-state index contributed by atoms with van der Waals surface area (Å²) in [5.74, 6) is 0.998. The molecule has 0 aromatic carbocycles. The molecule has 1 fully saturated rings. The maximum Gasteiger partial charge on any atom is 0.147 e. The van der Waals surface area contributed by atoms with Gasteiger partial charge in [0.05, 0.1) is 6.20 Å². The molecule has 0 saturated carbocycles. The first-order valence-electron chi connectivity index (χ1n) is 2.98. The molecule has 0 N–H and O–H groups in total. The third-order valence-electron chi connectivity index (χ3n) is 1.32. The molecule has 1 aromatic rings. The third-order valence-corrected chi connectivity index (χ3v) is 1.32. The Morgan fingerprint density at radius 3 is 2.78 bits per heavy atom. The molecular weight excluding hydrogens is 114 g/mol. The van der Waals surface area contributed by atoms with E-state index in [0.29, 0.717) is 0 Å². The molecule has 3 heteroatoms. The van der Waals surface area contributed by atoms with Crippen LogP contribution in [0.15, 0.2) is 18.6 Å². The van der Waals surface area contributed by atoms with Gasteiger partial charge in [0, 0.05) is 25.5 Å². The van der Waals surface area contributed by atoms with Crippen molar-refractivity contribution in [3.05, 3.63) is 18.6 Å². The first kappa shape index (κ1) is 4.73. The topological polar surface area (TPSA) is 28.8 Å². The van der Waals surface area contributed by atoms with E-state index < -0.39 is 0 Å². The molecule has 0 unspecified atom stereocenters. The average Bonchev–Trinajstić information content (AvgIpc) is 2.71. The van der Waals surface area contributed by atoms with Gasteiger partial charge in [-0.15, -0.1) is 0 Å². The Kier molecular flexibility index (Phi) is 0.886. The average molecular weight is 121 g/mol. The molecule has 0 spiro atoms. The predicted molar refractivity (Wildman–Crippen MR) is 34.2 cm³/mol. The molecule has 3 nitrogen and oxygen atoms in total. The number of hydrogen-bond donors (Lipinski definition) is 0. The Morgan fingerprint density at radius 2 is 2.22 bits per heavy atom. The molecule has 0 bridgehead atoms. The van der Waals surface area contributed by atoms with Crippen molar-refractivity contribution in [3.8, 4) is 0 Å². The van der Waals surface area contributed by atoms with Crippen molar-refractivity contribution in [2.45, 2.75) is 0 Å². The highest BCUT2D eigenvalue weighted by Gasteiger charge is 2.18. The van der Waals surface area contributed by atoms with E-state index in [1.54, 1.807) is 18.6 Å². The maximum atomic E-state index is 4.10. The van der Waals surface area contributed by atoms with Crippen LogP contribution in [-0.2, 0) is 0 Å². The van der Waals surface area contributed by atoms with Crippen LogP contribution in [0.2, 0.25) is 0 Å². The van der Waals surface area contributed by atoms with Gasteiger partial charge in [0.25, 0.3) is 0 Å². The van der Waals surface area contributed by atoms with Crippen molar-refractivity contribution >= 4 is 5.82 Å². The van der Waals surface area contributed by atoms with Crippen LogP contribution in [0.3, 0.4) is 0 Å². The van der Waals surface area contributed by atoms with E-state index in [1.165, 1.54) is 0 Å². The lowest BCUT2D eigenvalue weighted by atomic mass is 10.7. The summed E-state index contributed by atoms with van der Waals surface area (Å²) < 4.78 is 0. The number of aromatic nitrogens is 2. The highest BCUT2D eigenvalue weighted by Crippen LogP contribution is 2.14. The lowest BCUT2D eigenvalue weighted by Crippen LogP contribution is -1.93. The molecule has 0 atom stereocenters. The highest BCUT2D eigenvalue weighted by molar-refractivity contribution is 5.41. The summed E-state index contributed by atoms with van der Waals surface area (Å²) in [4.78, 5) is 10.2. The lowest BCUT2D eigenvalue weighted by molar-refractivity contribution is 1.15. The van der Waals surface area contributed by atoms with Crippen molar-refractivity contribution < 1.29 is 0 Å². The zero-order valence-corrected chi connectivity index (χ0v) is 4.99. The Hall–Kier alpha value is -1.12. The molecule has 1 saturated heterocycles. The molecule has 0 radical (unpaired) electrons. The number of hydrogen-bond acceptors (Lipinski definition) is 3. The van der Waals surface area contributed by atoms with Gasteiger partial charge in [-0.25, -0.2) is 4.98 Å². The van der Waals surface area contributed by atoms with Gasteiger partial charge in [-0.2, -0.15) is 0 Å². The minimum atomic E-state index is 0.998. The van der Waals surface area contributed by atoms with Gasteiger partial charge in [-0.1, -0.05) is 0 Å². The second-order valence-electron chi connectivity index (χ2n) is 2.05. The van der Waals surface area contributed by atoms with Crippen molar-refractivity contribution in [2.24, 2.45) is 0 Å². The Bertz CT molecular complexity index is 193. The predicted octanol–water partition coefficient (Wildman–Crippen LogP) is 0.297. The van der Waals surface area contributed by atoms with E-state index >= 15 is 0 Å². The summed E-state index contributed by atoms with van der Waals surface area (Å²) >= 11 is 0. The van der Waals surface area contributed by atoms with E-state index in [1.807, 2.05) is 0 Å². The number of anilines is 1. The van der Waals surface area contributed by atoms with Gasteiger partial charge in [0.2, 0.25) is 0 Å². The Balaban J connectivity index is 2.29. The van der Waals surface area contributed by atoms with E-state index in [4.69, 9.17) is 0 Å². The SMILES string of the molecule is c1cnc(N2CC2)cn1. The van der Waals surface area contributed by atoms with Gasteiger partial charge in [-0.3, -0.25) is 4.98 Å². The largest absolute Gasteiger partial charge is 0.352 e. The summed E-state index contributed by atoms with van der Waals surface area (Å²) in [6, 6.07) is 0. The van der Waals surface area contributed by atoms with Crippen molar-refractivity contribution in [2.75, 3.05) is 18.0 Å². The van der Waals surface area contributed by atoms with Gasteiger partial charge in [0.15, 0.2) is 0 Å². The van der Waals surface area contributed by atoms with Crippen LogP contribution in [0.1, 0.15) is 0 Å². The standard InChI is InChI=1S/C6H7N3/c1-2-8-6(5-7-1)9-3-4-9/h1-2,5H,3-4H2. The normalized spacial score (nSPS) is 15.8. The molecule has 1 aliphatic heterocycles. The Morgan fingerprint density at radius 1 is 1.33 bits per heavy atom. The van der Waals surface area contributed by atoms with E-state index in [0.717, 1.165) is 18.9 Å². The molecule has 2 rings (SSSR count). The first-order chi connectivity index (χ1) is 4.47. The molecule has 1 aliphatic rings. The maximum absolute atomic E-state index is 4.10. The second kappa shape index (κ2) is 1.69. The summed E-state index contributed by atoms with van der Waals surface area (Å²) in [6.07, 6.45) is 5.19. The number of rotatable bonds is 1. The van der Waals surface area contributed by atoms with Crippen molar-refractivity contribution in [1.29, 1.82) is 0 Å². The number of nitrogens with zero attached hydrogens (tertiary/aromatic N) is 3. The van der Waals surface area contributed by atoms with Crippen LogP contribution in [0, 0.1) is 0 Å². The minimum absolute atomic E-state index is 0.998. The molecule has 1 aromatic heterocycles. The molecule has 0 amide bonds. The van der Waals surface area contributed by atoms with E-state index in [2.05, 4.69) is 14.9 Å². The van der Waals surface area contributed by atoms with Crippen LogP contribution in [0.4, 0.5) is 5.82 Å². The van der Waals surface area contributed by atoms with Crippen LogP contribution in [0.5, 0.6) is 0 Å². The quantitative estimate of drug-likeness (QED) is 0.500. The third kappa shape index (κ3) is 0.850. The van der Waals surface area contributed by atoms with E-state index in [-0.39, 0.29) is 0 Å². The molecule has 2 heterocycles. The molecule has 9 heavy (non-hydrogen) atoms. The van der Waals surface area contributed by atoms with Gasteiger partial charge < -0.3 is 4.90 Å². The molecule has 0 aliphatic carbocycles. The smallest absolute Gasteiger partial charge is 0.147 e. The van der Waals surface area contributed by atoms with Crippen LogP contribution in [0.25, 0.3) is 0 Å². The second-order valence-corrected chi connectivity index (χ2v) is 2.05.